The zero-order chi connectivity index (χ0) is 17.0. The molecule has 24 heavy (non-hydrogen) atoms. The molecule has 1 aromatic carbocycles. The summed E-state index contributed by atoms with van der Waals surface area (Å²) >= 11 is 1.17. The van der Waals surface area contributed by atoms with E-state index in [9.17, 15) is 4.79 Å². The Labute approximate surface area is 145 Å². The average molecular weight is 347 g/mol. The lowest BCUT2D eigenvalue weighted by atomic mass is 9.79. The smallest absolute Gasteiger partial charge is 0.246 e. The molecule has 0 unspecified atom stereocenters. The van der Waals surface area contributed by atoms with Gasteiger partial charge in [-0.2, -0.15) is 8.75 Å². The fourth-order valence-corrected chi connectivity index (χ4v) is 3.63. The van der Waals surface area contributed by atoms with E-state index in [0.29, 0.717) is 19.7 Å². The van der Waals surface area contributed by atoms with Crippen LogP contribution in [0.25, 0.3) is 11.0 Å². The summed E-state index contributed by atoms with van der Waals surface area (Å²) in [4.78, 5) is 14.1. The molecule has 1 N–H and O–H groups in total. The van der Waals surface area contributed by atoms with Crippen molar-refractivity contribution in [1.29, 1.82) is 0 Å². The molecular formula is C17H21N3O3S. The van der Waals surface area contributed by atoms with E-state index in [1.807, 2.05) is 18.2 Å². The van der Waals surface area contributed by atoms with Crippen molar-refractivity contribution in [3.05, 3.63) is 36.4 Å². The highest BCUT2D eigenvalue weighted by Gasteiger charge is 2.40. The number of carbonyl (C=O) groups excluding carboxylic acids is 1. The Morgan fingerprint density at radius 3 is 2.96 bits per heavy atom. The summed E-state index contributed by atoms with van der Waals surface area (Å²) in [5, 5.41) is 9.03. The lowest BCUT2D eigenvalue weighted by molar-refractivity contribution is -0.145. The van der Waals surface area contributed by atoms with Crippen LogP contribution in [0.1, 0.15) is 24.8 Å². The van der Waals surface area contributed by atoms with Crippen LogP contribution in [-0.4, -0.2) is 50.0 Å². The van der Waals surface area contributed by atoms with Gasteiger partial charge in [0.25, 0.3) is 0 Å². The van der Waals surface area contributed by atoms with Crippen LogP contribution in [-0.2, 0) is 16.1 Å². The molecule has 0 atom stereocenters. The molecule has 1 saturated carbocycles. The first-order valence-corrected chi connectivity index (χ1v) is 8.77. The first-order valence-electron chi connectivity index (χ1n) is 8.04. The molecule has 0 radical (unpaired) electrons. The lowest BCUT2D eigenvalue weighted by Gasteiger charge is -2.44. The summed E-state index contributed by atoms with van der Waals surface area (Å²) in [6.45, 7) is 4.83. The van der Waals surface area contributed by atoms with E-state index in [0.717, 1.165) is 35.9 Å². The Morgan fingerprint density at radius 2 is 2.29 bits per heavy atom. The van der Waals surface area contributed by atoms with Gasteiger partial charge in [0.2, 0.25) is 5.91 Å². The number of carbonyl (C=O) groups is 1. The Kier molecular flexibility index (Phi) is 5.23. The second-order valence-corrected chi connectivity index (χ2v) is 6.58. The van der Waals surface area contributed by atoms with Gasteiger partial charge in [-0.3, -0.25) is 4.79 Å². The number of ether oxygens (including phenoxy) is 1. The third kappa shape index (κ3) is 3.48. The van der Waals surface area contributed by atoms with Crippen LogP contribution < -0.4 is 0 Å². The molecule has 3 rings (SSSR count). The number of aliphatic hydroxyl groups is 1. The minimum absolute atomic E-state index is 0.0129. The number of fused-ring (bicyclic) bond motifs is 1. The van der Waals surface area contributed by atoms with Crippen LogP contribution in [0, 0.1) is 0 Å². The van der Waals surface area contributed by atoms with Crippen LogP contribution in [0.5, 0.6) is 0 Å². The van der Waals surface area contributed by atoms with Gasteiger partial charge in [-0.1, -0.05) is 18.7 Å². The highest BCUT2D eigenvalue weighted by Crippen LogP contribution is 2.37. The second-order valence-electron chi connectivity index (χ2n) is 6.06. The molecule has 2 aromatic rings. The van der Waals surface area contributed by atoms with Crippen molar-refractivity contribution in [1.82, 2.24) is 13.6 Å². The summed E-state index contributed by atoms with van der Waals surface area (Å²) in [6, 6.07) is 5.81. The van der Waals surface area contributed by atoms with Crippen molar-refractivity contribution in [3.63, 3.8) is 0 Å². The van der Waals surface area contributed by atoms with E-state index in [1.165, 1.54) is 17.8 Å². The third-order valence-corrected chi connectivity index (χ3v) is 5.00. The minimum atomic E-state index is -0.352. The van der Waals surface area contributed by atoms with Crippen molar-refractivity contribution in [2.75, 3.05) is 19.8 Å². The largest absolute Gasteiger partial charge is 0.394 e. The zero-order valence-electron chi connectivity index (χ0n) is 13.5. The number of hydrogen-bond acceptors (Lipinski definition) is 6. The van der Waals surface area contributed by atoms with Gasteiger partial charge in [0, 0.05) is 12.1 Å². The van der Waals surface area contributed by atoms with E-state index in [4.69, 9.17) is 9.84 Å². The molecule has 0 spiro atoms. The molecule has 0 bridgehead atoms. The summed E-state index contributed by atoms with van der Waals surface area (Å²) in [5.74, 6) is -0.130. The molecule has 1 heterocycles. The first kappa shape index (κ1) is 17.0. The highest BCUT2D eigenvalue weighted by atomic mass is 32.1. The number of benzene rings is 1. The van der Waals surface area contributed by atoms with Crippen molar-refractivity contribution >= 4 is 28.7 Å². The van der Waals surface area contributed by atoms with Gasteiger partial charge in [0.05, 0.1) is 37.1 Å². The Bertz CT molecular complexity index is 727. The van der Waals surface area contributed by atoms with E-state index in [1.54, 1.807) is 4.90 Å². The highest BCUT2D eigenvalue weighted by molar-refractivity contribution is 7.00. The maximum atomic E-state index is 12.4. The van der Waals surface area contributed by atoms with Crippen LogP contribution in [0.3, 0.4) is 0 Å². The van der Waals surface area contributed by atoms with Crippen molar-refractivity contribution in [2.24, 2.45) is 0 Å². The molecule has 1 aliphatic carbocycles. The zero-order valence-corrected chi connectivity index (χ0v) is 14.3. The molecular weight excluding hydrogens is 326 g/mol. The van der Waals surface area contributed by atoms with E-state index in [2.05, 4.69) is 15.3 Å². The van der Waals surface area contributed by atoms with Crippen LogP contribution in [0.2, 0.25) is 0 Å². The van der Waals surface area contributed by atoms with Gasteiger partial charge in [0.1, 0.15) is 11.0 Å². The minimum Gasteiger partial charge on any atom is -0.394 e. The Hall–Kier alpha value is -1.83. The van der Waals surface area contributed by atoms with Gasteiger partial charge in [-0.15, -0.1) is 0 Å². The topological polar surface area (TPSA) is 75.6 Å². The number of amides is 1. The SMILES string of the molecule is C=CC(=O)N(Cc1cccc2nsnc12)CC1(OCCO)CCC1. The van der Waals surface area contributed by atoms with E-state index < -0.39 is 0 Å². The third-order valence-electron chi connectivity index (χ3n) is 4.46. The average Bonchev–Trinajstić information content (AvgIpc) is 3.05. The Balaban J connectivity index is 1.80. The molecule has 1 amide bonds. The number of aliphatic hydroxyl groups excluding tert-OH is 1. The van der Waals surface area contributed by atoms with Gasteiger partial charge in [-0.05, 0) is 31.4 Å². The monoisotopic (exact) mass is 347 g/mol. The van der Waals surface area contributed by atoms with Crippen molar-refractivity contribution < 1.29 is 14.6 Å². The fraction of sp³-hybridized carbons (Fsp3) is 0.471. The lowest BCUT2D eigenvalue weighted by Crippen LogP contribution is -2.51. The van der Waals surface area contributed by atoms with Crippen LogP contribution in [0.4, 0.5) is 0 Å². The Morgan fingerprint density at radius 1 is 1.46 bits per heavy atom. The number of rotatable bonds is 8. The standard InChI is InChI=1S/C17H21N3O3S/c1-2-15(22)20(12-17(7-4-8-17)23-10-9-21)11-13-5-3-6-14-16(13)19-24-18-14/h2-3,5-6,21H,1,4,7-12H2. The molecule has 7 heteroatoms. The van der Waals surface area contributed by atoms with Crippen LogP contribution in [0.15, 0.2) is 30.9 Å². The van der Waals surface area contributed by atoms with E-state index in [-0.39, 0.29) is 18.1 Å². The fourth-order valence-electron chi connectivity index (χ4n) is 3.07. The molecule has 6 nitrogen and oxygen atoms in total. The van der Waals surface area contributed by atoms with Crippen molar-refractivity contribution in [3.8, 4) is 0 Å². The number of aromatic nitrogens is 2. The van der Waals surface area contributed by atoms with Crippen LogP contribution >= 0.6 is 11.7 Å². The second kappa shape index (κ2) is 7.38. The summed E-state index contributed by atoms with van der Waals surface area (Å²) in [6.07, 6.45) is 4.21. The first-order chi connectivity index (χ1) is 11.7. The van der Waals surface area contributed by atoms with Crippen molar-refractivity contribution in [2.45, 2.75) is 31.4 Å². The molecule has 1 aromatic heterocycles. The van der Waals surface area contributed by atoms with Gasteiger partial charge in [0.15, 0.2) is 0 Å². The molecule has 0 saturated heterocycles. The predicted octanol–water partition coefficient (Wildman–Crippen LogP) is 2.14. The molecule has 1 fully saturated rings. The number of hydrogen-bond donors (Lipinski definition) is 1. The quantitative estimate of drug-likeness (QED) is 0.741. The summed E-state index contributed by atoms with van der Waals surface area (Å²) < 4.78 is 14.4. The van der Waals surface area contributed by atoms with Gasteiger partial charge in [-0.25, -0.2) is 0 Å². The summed E-state index contributed by atoms with van der Waals surface area (Å²) in [7, 11) is 0. The maximum Gasteiger partial charge on any atom is 0.246 e. The molecule has 128 valence electrons. The predicted molar refractivity (Wildman–Crippen MR) is 92.6 cm³/mol. The maximum absolute atomic E-state index is 12.4. The normalized spacial score (nSPS) is 15.9. The molecule has 1 aliphatic rings. The van der Waals surface area contributed by atoms with Gasteiger partial charge >= 0.3 is 0 Å². The molecule has 0 aliphatic heterocycles. The summed E-state index contributed by atoms with van der Waals surface area (Å²) in [5.41, 5.74) is 2.30. The van der Waals surface area contributed by atoms with E-state index >= 15 is 0 Å². The number of nitrogens with zero attached hydrogens (tertiary/aromatic N) is 3. The van der Waals surface area contributed by atoms with Gasteiger partial charge < -0.3 is 14.7 Å².